The molecule has 0 saturated carbocycles. The van der Waals surface area contributed by atoms with E-state index in [2.05, 4.69) is 0 Å². The fraction of sp³-hybridized carbons (Fsp3) is 0.118. The van der Waals surface area contributed by atoms with E-state index in [1.807, 2.05) is 52.9 Å². The van der Waals surface area contributed by atoms with Crippen LogP contribution in [-0.4, -0.2) is 25.9 Å². The Kier molecular flexibility index (Phi) is 3.08. The molecule has 0 fully saturated rings. The van der Waals surface area contributed by atoms with Gasteiger partial charge in [-0.1, -0.05) is 36.0 Å². The SMILES string of the molecule is CC(=O)CSc1nc2ccccc2c2nc3ccccc3n12. The third-order valence-corrected chi connectivity index (χ3v) is 4.60. The predicted octanol–water partition coefficient (Wildman–Crippen LogP) is 3.72. The van der Waals surface area contributed by atoms with E-state index < -0.39 is 0 Å². The molecule has 108 valence electrons. The Balaban J connectivity index is 2.11. The number of carbonyl (C=O) groups excluding carboxylic acids is 1. The van der Waals surface area contributed by atoms with Gasteiger partial charge >= 0.3 is 0 Å². The van der Waals surface area contributed by atoms with Crippen LogP contribution in [0.1, 0.15) is 6.92 Å². The third kappa shape index (κ3) is 2.05. The molecule has 4 nitrogen and oxygen atoms in total. The highest BCUT2D eigenvalue weighted by atomic mass is 32.2. The number of Topliss-reactive ketones (excluding diaryl/α,β-unsaturated/α-hetero) is 1. The molecule has 0 unspecified atom stereocenters. The van der Waals surface area contributed by atoms with Gasteiger partial charge in [-0.2, -0.15) is 0 Å². The molecule has 4 rings (SSSR count). The van der Waals surface area contributed by atoms with Crippen molar-refractivity contribution in [2.75, 3.05) is 5.75 Å². The molecule has 0 spiro atoms. The maximum Gasteiger partial charge on any atom is 0.175 e. The van der Waals surface area contributed by atoms with E-state index in [0.717, 1.165) is 32.7 Å². The zero-order valence-corrected chi connectivity index (χ0v) is 12.8. The minimum atomic E-state index is 0.137. The van der Waals surface area contributed by atoms with Gasteiger partial charge in [0.1, 0.15) is 11.4 Å². The van der Waals surface area contributed by atoms with E-state index in [0.29, 0.717) is 5.75 Å². The van der Waals surface area contributed by atoms with Crippen molar-refractivity contribution in [1.29, 1.82) is 0 Å². The summed E-state index contributed by atoms with van der Waals surface area (Å²) in [6, 6.07) is 16.0. The van der Waals surface area contributed by atoms with Crippen LogP contribution in [0.15, 0.2) is 53.7 Å². The first-order valence-electron chi connectivity index (χ1n) is 7.02. The quantitative estimate of drug-likeness (QED) is 0.427. The number of para-hydroxylation sites is 3. The van der Waals surface area contributed by atoms with Crippen molar-refractivity contribution >= 4 is 45.1 Å². The van der Waals surface area contributed by atoms with Crippen LogP contribution < -0.4 is 0 Å². The van der Waals surface area contributed by atoms with Crippen LogP contribution in [0.5, 0.6) is 0 Å². The molecule has 0 atom stereocenters. The van der Waals surface area contributed by atoms with Gasteiger partial charge in [-0.3, -0.25) is 9.20 Å². The highest BCUT2D eigenvalue weighted by Gasteiger charge is 2.14. The van der Waals surface area contributed by atoms with E-state index >= 15 is 0 Å². The molecular weight excluding hydrogens is 294 g/mol. The van der Waals surface area contributed by atoms with Crippen molar-refractivity contribution in [3.05, 3.63) is 48.5 Å². The number of fused-ring (bicyclic) bond motifs is 5. The number of ketones is 1. The van der Waals surface area contributed by atoms with Gasteiger partial charge < -0.3 is 0 Å². The van der Waals surface area contributed by atoms with Crippen molar-refractivity contribution in [2.45, 2.75) is 12.1 Å². The van der Waals surface area contributed by atoms with Gasteiger partial charge in [0.05, 0.1) is 22.3 Å². The summed E-state index contributed by atoms with van der Waals surface area (Å²) in [7, 11) is 0. The molecule has 2 aromatic heterocycles. The molecule has 0 N–H and O–H groups in total. The lowest BCUT2D eigenvalue weighted by Gasteiger charge is -2.07. The van der Waals surface area contributed by atoms with Crippen molar-refractivity contribution < 1.29 is 4.79 Å². The Labute approximate surface area is 131 Å². The number of rotatable bonds is 3. The monoisotopic (exact) mass is 307 g/mol. The minimum Gasteiger partial charge on any atom is -0.299 e. The fourth-order valence-electron chi connectivity index (χ4n) is 2.58. The lowest BCUT2D eigenvalue weighted by Crippen LogP contribution is -2.00. The van der Waals surface area contributed by atoms with Crippen molar-refractivity contribution in [1.82, 2.24) is 14.4 Å². The number of aromatic nitrogens is 3. The molecule has 0 amide bonds. The molecule has 0 aliphatic heterocycles. The molecule has 4 aromatic rings. The maximum atomic E-state index is 11.3. The fourth-order valence-corrected chi connectivity index (χ4v) is 3.39. The second kappa shape index (κ2) is 5.10. The van der Waals surface area contributed by atoms with Crippen LogP contribution in [0.4, 0.5) is 0 Å². The lowest BCUT2D eigenvalue weighted by atomic mass is 10.2. The van der Waals surface area contributed by atoms with Crippen LogP contribution in [0.3, 0.4) is 0 Å². The number of hydrogen-bond donors (Lipinski definition) is 0. The summed E-state index contributed by atoms with van der Waals surface area (Å²) in [5, 5.41) is 1.82. The van der Waals surface area contributed by atoms with Gasteiger partial charge in [-0.05, 0) is 31.2 Å². The van der Waals surface area contributed by atoms with E-state index in [9.17, 15) is 4.79 Å². The summed E-state index contributed by atoms with van der Waals surface area (Å²) in [5.41, 5.74) is 3.74. The highest BCUT2D eigenvalue weighted by Crippen LogP contribution is 2.28. The van der Waals surface area contributed by atoms with E-state index in [1.54, 1.807) is 6.92 Å². The second-order valence-electron chi connectivity index (χ2n) is 5.16. The number of thioether (sulfide) groups is 1. The first kappa shape index (κ1) is 13.3. The smallest absolute Gasteiger partial charge is 0.175 e. The van der Waals surface area contributed by atoms with Crippen LogP contribution >= 0.6 is 11.8 Å². The van der Waals surface area contributed by atoms with Crippen LogP contribution in [0.25, 0.3) is 27.6 Å². The number of nitrogens with zero attached hydrogens (tertiary/aromatic N) is 3. The van der Waals surface area contributed by atoms with Gasteiger partial charge in [0, 0.05) is 5.39 Å². The molecule has 0 saturated heterocycles. The zero-order chi connectivity index (χ0) is 15.1. The van der Waals surface area contributed by atoms with Crippen molar-refractivity contribution in [3.63, 3.8) is 0 Å². The third-order valence-electron chi connectivity index (χ3n) is 3.52. The van der Waals surface area contributed by atoms with Crippen LogP contribution in [0, 0.1) is 0 Å². The minimum absolute atomic E-state index is 0.137. The summed E-state index contributed by atoms with van der Waals surface area (Å²) < 4.78 is 2.05. The normalized spacial score (nSPS) is 11.5. The number of imidazole rings is 1. The first-order valence-corrected chi connectivity index (χ1v) is 8.01. The Morgan fingerprint density at radius 3 is 2.59 bits per heavy atom. The molecular formula is C17H13N3OS. The number of carbonyl (C=O) groups is 1. The number of hydrogen-bond acceptors (Lipinski definition) is 4. The largest absolute Gasteiger partial charge is 0.299 e. The Bertz CT molecular complexity index is 1020. The Morgan fingerprint density at radius 2 is 1.77 bits per heavy atom. The van der Waals surface area contributed by atoms with E-state index in [4.69, 9.17) is 9.97 Å². The standard InChI is InChI=1S/C17H13N3OS/c1-11(21)10-22-17-19-13-7-3-2-6-12(13)16-18-14-8-4-5-9-15(14)20(16)17/h2-9H,10H2,1H3. The molecule has 2 aromatic carbocycles. The topological polar surface area (TPSA) is 47.3 Å². The first-order chi connectivity index (χ1) is 10.7. The predicted molar refractivity (Wildman–Crippen MR) is 89.4 cm³/mol. The molecule has 5 heteroatoms. The average molecular weight is 307 g/mol. The summed E-state index contributed by atoms with van der Waals surface area (Å²) in [4.78, 5) is 20.8. The average Bonchev–Trinajstić information content (AvgIpc) is 2.92. The van der Waals surface area contributed by atoms with Crippen molar-refractivity contribution in [2.24, 2.45) is 0 Å². The molecule has 0 bridgehead atoms. The summed E-state index contributed by atoms with van der Waals surface area (Å²) >= 11 is 1.45. The maximum absolute atomic E-state index is 11.3. The Morgan fingerprint density at radius 1 is 1.05 bits per heavy atom. The zero-order valence-electron chi connectivity index (χ0n) is 12.0. The molecule has 0 radical (unpaired) electrons. The summed E-state index contributed by atoms with van der Waals surface area (Å²) in [5.74, 6) is 0.546. The Hall–Kier alpha value is -2.40. The molecule has 2 heterocycles. The molecule has 22 heavy (non-hydrogen) atoms. The lowest BCUT2D eigenvalue weighted by molar-refractivity contribution is -0.114. The van der Waals surface area contributed by atoms with Gasteiger partial charge in [0.25, 0.3) is 0 Å². The highest BCUT2D eigenvalue weighted by molar-refractivity contribution is 7.99. The van der Waals surface area contributed by atoms with Crippen LogP contribution in [0.2, 0.25) is 0 Å². The second-order valence-corrected chi connectivity index (χ2v) is 6.10. The molecule has 0 aliphatic carbocycles. The summed E-state index contributed by atoms with van der Waals surface area (Å²) in [6.45, 7) is 1.59. The molecule has 0 aliphatic rings. The number of benzene rings is 2. The van der Waals surface area contributed by atoms with E-state index in [1.165, 1.54) is 11.8 Å². The van der Waals surface area contributed by atoms with Crippen molar-refractivity contribution in [3.8, 4) is 0 Å². The van der Waals surface area contributed by atoms with Gasteiger partial charge in [-0.15, -0.1) is 0 Å². The van der Waals surface area contributed by atoms with Gasteiger partial charge in [0.15, 0.2) is 5.16 Å². The van der Waals surface area contributed by atoms with Gasteiger partial charge in [0.2, 0.25) is 0 Å². The van der Waals surface area contributed by atoms with E-state index in [-0.39, 0.29) is 5.78 Å². The van der Waals surface area contributed by atoms with Crippen LogP contribution in [-0.2, 0) is 4.79 Å². The van der Waals surface area contributed by atoms with Gasteiger partial charge in [-0.25, -0.2) is 9.97 Å². The summed E-state index contributed by atoms with van der Waals surface area (Å²) in [6.07, 6.45) is 0.